The molecule has 2 heterocycles. The average molecular weight is 382 g/mol. The van der Waals surface area contributed by atoms with Gasteiger partial charge < -0.3 is 19.5 Å². The second-order valence-corrected chi connectivity index (χ2v) is 7.27. The predicted octanol–water partition coefficient (Wildman–Crippen LogP) is 2.55. The number of rotatable bonds is 6. The molecular weight excluding hydrogens is 358 g/mol. The Morgan fingerprint density at radius 2 is 1.88 bits per heavy atom. The maximum atomic E-state index is 12.5. The lowest BCUT2D eigenvalue weighted by atomic mass is 9.89. The second-order valence-electron chi connectivity index (χ2n) is 6.83. The van der Waals surface area contributed by atoms with Crippen LogP contribution in [-0.4, -0.2) is 60.9 Å². The Kier molecular flexibility index (Phi) is 6.51. The van der Waals surface area contributed by atoms with Gasteiger partial charge in [0.2, 0.25) is 5.91 Å². The van der Waals surface area contributed by atoms with Gasteiger partial charge in [-0.05, 0) is 30.5 Å². The molecule has 2 atom stereocenters. The summed E-state index contributed by atoms with van der Waals surface area (Å²) in [6.07, 6.45) is 2.15. The van der Waals surface area contributed by atoms with Crippen molar-refractivity contribution in [3.63, 3.8) is 0 Å². The third kappa shape index (κ3) is 4.75. The number of aliphatic carboxylic acids is 1. The molecule has 2 fully saturated rings. The molecule has 0 aromatic heterocycles. The van der Waals surface area contributed by atoms with Crippen molar-refractivity contribution in [1.29, 1.82) is 0 Å². The summed E-state index contributed by atoms with van der Waals surface area (Å²) in [6, 6.07) is 7.18. The minimum Gasteiger partial charge on any atom is -0.481 e. The first-order valence-electron chi connectivity index (χ1n) is 9.00. The molecule has 2 aliphatic rings. The van der Waals surface area contributed by atoms with Gasteiger partial charge in [-0.2, -0.15) is 0 Å². The Morgan fingerprint density at radius 1 is 1.19 bits per heavy atom. The number of carboxylic acids is 1. The molecule has 1 aromatic carbocycles. The fourth-order valence-corrected chi connectivity index (χ4v) is 3.75. The SMILES string of the molecule is O=C(O)[C@@H]1CN(C(=O)CCOC2CCOCC2)C[C@H]1c1ccc(Cl)cc1. The van der Waals surface area contributed by atoms with Gasteiger partial charge in [-0.1, -0.05) is 23.7 Å². The highest BCUT2D eigenvalue weighted by Crippen LogP contribution is 2.33. The second kappa shape index (κ2) is 8.84. The van der Waals surface area contributed by atoms with Crippen LogP contribution in [0.15, 0.2) is 24.3 Å². The van der Waals surface area contributed by atoms with Crippen LogP contribution in [0, 0.1) is 5.92 Å². The van der Waals surface area contributed by atoms with E-state index < -0.39 is 11.9 Å². The molecule has 6 nitrogen and oxygen atoms in total. The number of carboxylic acid groups (broad SMARTS) is 1. The van der Waals surface area contributed by atoms with Crippen LogP contribution in [0.4, 0.5) is 0 Å². The third-order valence-corrected chi connectivity index (χ3v) is 5.38. The molecule has 2 saturated heterocycles. The number of amides is 1. The quantitative estimate of drug-likeness (QED) is 0.819. The van der Waals surface area contributed by atoms with Crippen molar-refractivity contribution >= 4 is 23.5 Å². The highest BCUT2D eigenvalue weighted by molar-refractivity contribution is 6.30. The fourth-order valence-electron chi connectivity index (χ4n) is 3.62. The highest BCUT2D eigenvalue weighted by atomic mass is 35.5. The van der Waals surface area contributed by atoms with E-state index in [1.165, 1.54) is 0 Å². The van der Waals surface area contributed by atoms with Crippen LogP contribution in [0.1, 0.15) is 30.7 Å². The van der Waals surface area contributed by atoms with Gasteiger partial charge in [0.05, 0.1) is 25.0 Å². The van der Waals surface area contributed by atoms with Crippen molar-refractivity contribution < 1.29 is 24.2 Å². The van der Waals surface area contributed by atoms with Crippen LogP contribution < -0.4 is 0 Å². The van der Waals surface area contributed by atoms with Crippen LogP contribution in [-0.2, 0) is 19.1 Å². The van der Waals surface area contributed by atoms with Crippen LogP contribution in [0.5, 0.6) is 0 Å². The summed E-state index contributed by atoms with van der Waals surface area (Å²) in [6.45, 7) is 2.42. The van der Waals surface area contributed by atoms with Crippen molar-refractivity contribution in [3.05, 3.63) is 34.9 Å². The first kappa shape index (κ1) is 19.1. The minimum absolute atomic E-state index is 0.0558. The monoisotopic (exact) mass is 381 g/mol. The molecule has 1 aromatic rings. The van der Waals surface area contributed by atoms with E-state index >= 15 is 0 Å². The lowest BCUT2D eigenvalue weighted by Gasteiger charge is -2.23. The molecule has 26 heavy (non-hydrogen) atoms. The highest BCUT2D eigenvalue weighted by Gasteiger charge is 2.40. The molecule has 0 radical (unpaired) electrons. The van der Waals surface area contributed by atoms with Gasteiger partial charge in [0, 0.05) is 37.2 Å². The Hall–Kier alpha value is -1.63. The van der Waals surface area contributed by atoms with E-state index in [0.717, 1.165) is 18.4 Å². The molecule has 0 saturated carbocycles. The predicted molar refractivity (Wildman–Crippen MR) is 96.3 cm³/mol. The van der Waals surface area contributed by atoms with Crippen LogP contribution in [0.3, 0.4) is 0 Å². The van der Waals surface area contributed by atoms with Gasteiger partial charge in [-0.15, -0.1) is 0 Å². The molecular formula is C19H24ClNO5. The molecule has 142 valence electrons. The summed E-state index contributed by atoms with van der Waals surface area (Å²) in [7, 11) is 0. The van der Waals surface area contributed by atoms with Crippen LogP contribution in [0.25, 0.3) is 0 Å². The van der Waals surface area contributed by atoms with Gasteiger partial charge in [0.1, 0.15) is 0 Å². The van der Waals surface area contributed by atoms with Crippen LogP contribution >= 0.6 is 11.6 Å². The van der Waals surface area contributed by atoms with E-state index in [0.29, 0.717) is 31.4 Å². The molecule has 0 bridgehead atoms. The van der Waals surface area contributed by atoms with E-state index in [9.17, 15) is 14.7 Å². The van der Waals surface area contributed by atoms with Crippen molar-refractivity contribution in [2.24, 2.45) is 5.92 Å². The molecule has 7 heteroatoms. The number of carbonyl (C=O) groups is 2. The van der Waals surface area contributed by atoms with E-state index in [1.807, 2.05) is 12.1 Å². The van der Waals surface area contributed by atoms with Gasteiger partial charge >= 0.3 is 5.97 Å². The number of halogens is 1. The van der Waals surface area contributed by atoms with Crippen molar-refractivity contribution in [3.8, 4) is 0 Å². The van der Waals surface area contributed by atoms with Crippen molar-refractivity contribution in [1.82, 2.24) is 4.90 Å². The lowest BCUT2D eigenvalue weighted by Crippen LogP contribution is -2.31. The number of benzene rings is 1. The third-order valence-electron chi connectivity index (χ3n) is 5.13. The van der Waals surface area contributed by atoms with Crippen molar-refractivity contribution in [2.75, 3.05) is 32.9 Å². The molecule has 3 rings (SSSR count). The standard InChI is InChI=1S/C19H24ClNO5/c20-14-3-1-13(2-4-14)16-11-21(12-17(16)19(23)24)18(22)7-10-26-15-5-8-25-9-6-15/h1-4,15-17H,5-12H2,(H,23,24)/t16-,17+/m0/s1. The maximum Gasteiger partial charge on any atom is 0.308 e. The largest absolute Gasteiger partial charge is 0.481 e. The lowest BCUT2D eigenvalue weighted by molar-refractivity contribution is -0.141. The number of likely N-dealkylation sites (tertiary alicyclic amines) is 1. The molecule has 0 spiro atoms. The van der Waals surface area contributed by atoms with Gasteiger partial charge in [0.25, 0.3) is 0 Å². The topological polar surface area (TPSA) is 76.1 Å². The normalized spacial score (nSPS) is 24.0. The summed E-state index contributed by atoms with van der Waals surface area (Å²) >= 11 is 5.92. The van der Waals surface area contributed by atoms with E-state index in [1.54, 1.807) is 17.0 Å². The number of hydrogen-bond donors (Lipinski definition) is 1. The van der Waals surface area contributed by atoms with Gasteiger partial charge in [0.15, 0.2) is 0 Å². The molecule has 0 aliphatic carbocycles. The van der Waals surface area contributed by atoms with Gasteiger partial charge in [-0.3, -0.25) is 9.59 Å². The summed E-state index contributed by atoms with van der Waals surface area (Å²) in [4.78, 5) is 25.8. The number of carbonyl (C=O) groups excluding carboxylic acids is 1. The molecule has 1 N–H and O–H groups in total. The molecule has 2 aliphatic heterocycles. The number of ether oxygens (including phenoxy) is 2. The number of hydrogen-bond acceptors (Lipinski definition) is 4. The van der Waals surface area contributed by atoms with Gasteiger partial charge in [-0.25, -0.2) is 0 Å². The van der Waals surface area contributed by atoms with Crippen LogP contribution in [0.2, 0.25) is 5.02 Å². The molecule has 0 unspecified atom stereocenters. The zero-order valence-corrected chi connectivity index (χ0v) is 15.4. The van der Waals surface area contributed by atoms with E-state index in [-0.39, 0.29) is 30.9 Å². The minimum atomic E-state index is -0.876. The Morgan fingerprint density at radius 3 is 2.54 bits per heavy atom. The number of nitrogens with zero attached hydrogens (tertiary/aromatic N) is 1. The van der Waals surface area contributed by atoms with Crippen molar-refractivity contribution in [2.45, 2.75) is 31.3 Å². The first-order chi connectivity index (χ1) is 12.5. The summed E-state index contributed by atoms with van der Waals surface area (Å²) in [5, 5.41) is 10.2. The Labute approximate surface area is 158 Å². The molecule has 1 amide bonds. The zero-order valence-electron chi connectivity index (χ0n) is 14.6. The Bertz CT molecular complexity index is 629. The average Bonchev–Trinajstić information content (AvgIpc) is 3.09. The maximum absolute atomic E-state index is 12.5. The van der Waals surface area contributed by atoms with E-state index in [2.05, 4.69) is 0 Å². The Balaban J connectivity index is 1.55. The summed E-state index contributed by atoms with van der Waals surface area (Å²) in [5.74, 6) is -1.75. The first-order valence-corrected chi connectivity index (χ1v) is 9.38. The van der Waals surface area contributed by atoms with E-state index in [4.69, 9.17) is 21.1 Å². The zero-order chi connectivity index (χ0) is 18.5. The summed E-state index contributed by atoms with van der Waals surface area (Å²) in [5.41, 5.74) is 0.899. The summed E-state index contributed by atoms with van der Waals surface area (Å²) < 4.78 is 11.0. The smallest absolute Gasteiger partial charge is 0.308 e. The fraction of sp³-hybridized carbons (Fsp3) is 0.579.